The van der Waals surface area contributed by atoms with E-state index in [4.69, 9.17) is 5.73 Å². The Morgan fingerprint density at radius 1 is 1.05 bits per heavy atom. The van der Waals surface area contributed by atoms with Gasteiger partial charge in [0.2, 0.25) is 0 Å². The monoisotopic (exact) mass is 256 g/mol. The molecule has 1 heterocycles. The normalized spacial score (nSPS) is 11.3. The molecule has 0 saturated carbocycles. The molecule has 2 rings (SSSR count). The van der Waals surface area contributed by atoms with E-state index in [1.165, 1.54) is 5.56 Å². The molecule has 0 radical (unpaired) electrons. The first-order valence-electron chi connectivity index (χ1n) is 6.46. The highest BCUT2D eigenvalue weighted by molar-refractivity contribution is 5.40. The van der Waals surface area contributed by atoms with Crippen LogP contribution in [0.3, 0.4) is 0 Å². The molecule has 0 amide bonds. The van der Waals surface area contributed by atoms with Gasteiger partial charge in [-0.15, -0.1) is 10.2 Å². The van der Waals surface area contributed by atoms with Crippen molar-refractivity contribution in [2.75, 3.05) is 11.1 Å². The van der Waals surface area contributed by atoms with Gasteiger partial charge in [-0.05, 0) is 44.4 Å². The molecule has 2 aromatic rings. The smallest absolute Gasteiger partial charge is 0.149 e. The molecule has 0 bridgehead atoms. The highest BCUT2D eigenvalue weighted by atomic mass is 15.2. The fourth-order valence-electron chi connectivity index (χ4n) is 1.92. The molecule has 4 nitrogen and oxygen atoms in total. The number of benzene rings is 1. The number of rotatable bonds is 5. The predicted molar refractivity (Wildman–Crippen MR) is 78.9 cm³/mol. The van der Waals surface area contributed by atoms with E-state index in [1.807, 2.05) is 12.1 Å². The lowest BCUT2D eigenvalue weighted by molar-refractivity contribution is 0.515. The average molecular weight is 256 g/mol. The van der Waals surface area contributed by atoms with Crippen LogP contribution in [0.1, 0.15) is 25.8 Å². The molecule has 4 heteroatoms. The Morgan fingerprint density at radius 3 is 2.42 bits per heavy atom. The summed E-state index contributed by atoms with van der Waals surface area (Å²) in [6.45, 7) is 4.32. The van der Waals surface area contributed by atoms with E-state index in [-0.39, 0.29) is 5.54 Å². The van der Waals surface area contributed by atoms with Crippen LogP contribution in [-0.2, 0) is 6.42 Å². The summed E-state index contributed by atoms with van der Waals surface area (Å²) in [5, 5.41) is 11.3. The van der Waals surface area contributed by atoms with E-state index in [2.05, 4.69) is 53.6 Å². The minimum Gasteiger partial charge on any atom is -0.382 e. The molecule has 1 aromatic heterocycles. The summed E-state index contributed by atoms with van der Waals surface area (Å²) < 4.78 is 0. The molecule has 0 aliphatic rings. The van der Waals surface area contributed by atoms with E-state index < -0.39 is 0 Å². The summed E-state index contributed by atoms with van der Waals surface area (Å²) in [5.41, 5.74) is 6.83. The highest BCUT2D eigenvalue weighted by Crippen LogP contribution is 2.18. The van der Waals surface area contributed by atoms with Gasteiger partial charge in [-0.1, -0.05) is 30.3 Å². The van der Waals surface area contributed by atoms with E-state index >= 15 is 0 Å². The highest BCUT2D eigenvalue weighted by Gasteiger charge is 2.17. The number of aryl methyl sites for hydroxylation is 1. The van der Waals surface area contributed by atoms with E-state index in [1.54, 1.807) is 6.07 Å². The van der Waals surface area contributed by atoms with Crippen LogP contribution in [0.2, 0.25) is 0 Å². The van der Waals surface area contributed by atoms with Crippen LogP contribution in [0, 0.1) is 0 Å². The van der Waals surface area contributed by atoms with Crippen molar-refractivity contribution in [2.45, 2.75) is 32.2 Å². The van der Waals surface area contributed by atoms with Gasteiger partial charge in [0.15, 0.2) is 0 Å². The number of nitrogens with one attached hydrogen (secondary N) is 1. The molecule has 100 valence electrons. The molecule has 0 saturated heterocycles. The lowest BCUT2D eigenvalue weighted by Gasteiger charge is -2.26. The van der Waals surface area contributed by atoms with E-state index in [0.717, 1.165) is 18.7 Å². The zero-order chi connectivity index (χ0) is 13.7. The Kier molecular flexibility index (Phi) is 4.00. The summed E-state index contributed by atoms with van der Waals surface area (Å²) in [5.74, 6) is 1.19. The van der Waals surface area contributed by atoms with Crippen LogP contribution in [0.15, 0.2) is 42.5 Å². The van der Waals surface area contributed by atoms with Gasteiger partial charge in [0.1, 0.15) is 11.6 Å². The quantitative estimate of drug-likeness (QED) is 0.863. The van der Waals surface area contributed by atoms with Crippen molar-refractivity contribution in [1.29, 1.82) is 0 Å². The first-order valence-corrected chi connectivity index (χ1v) is 6.46. The van der Waals surface area contributed by atoms with Crippen LogP contribution < -0.4 is 11.1 Å². The van der Waals surface area contributed by atoms with Gasteiger partial charge < -0.3 is 11.1 Å². The van der Waals surface area contributed by atoms with Crippen LogP contribution in [-0.4, -0.2) is 15.7 Å². The summed E-state index contributed by atoms with van der Waals surface area (Å²) >= 11 is 0. The minimum atomic E-state index is -0.0410. The van der Waals surface area contributed by atoms with Crippen LogP contribution >= 0.6 is 0 Å². The summed E-state index contributed by atoms with van der Waals surface area (Å²) in [4.78, 5) is 0. The standard InChI is InChI=1S/C15H20N4/c1-15(2,11-10-12-6-4-3-5-7-12)17-14-9-8-13(16)18-19-14/h3-9H,10-11H2,1-2H3,(H2,16,18)(H,17,19). The van der Waals surface area contributed by atoms with Gasteiger partial charge in [0.25, 0.3) is 0 Å². The average Bonchev–Trinajstić information content (AvgIpc) is 2.40. The molecular weight excluding hydrogens is 236 g/mol. The topological polar surface area (TPSA) is 63.8 Å². The Bertz CT molecular complexity index is 505. The number of hydrogen-bond donors (Lipinski definition) is 2. The van der Waals surface area contributed by atoms with Crippen molar-refractivity contribution >= 4 is 11.6 Å². The molecular formula is C15H20N4. The second kappa shape index (κ2) is 5.69. The Morgan fingerprint density at radius 2 is 1.79 bits per heavy atom. The second-order valence-corrected chi connectivity index (χ2v) is 5.34. The number of aromatic nitrogens is 2. The molecule has 0 aliphatic heterocycles. The third kappa shape index (κ3) is 4.25. The van der Waals surface area contributed by atoms with Gasteiger partial charge in [-0.2, -0.15) is 0 Å². The molecule has 0 spiro atoms. The number of nitrogen functional groups attached to an aromatic ring is 1. The zero-order valence-electron chi connectivity index (χ0n) is 11.4. The molecule has 1 aromatic carbocycles. The van der Waals surface area contributed by atoms with Crippen LogP contribution in [0.4, 0.5) is 11.6 Å². The Labute approximate surface area is 114 Å². The first kappa shape index (κ1) is 13.3. The van der Waals surface area contributed by atoms with Gasteiger partial charge in [0.05, 0.1) is 0 Å². The van der Waals surface area contributed by atoms with Crippen LogP contribution in [0.25, 0.3) is 0 Å². The third-order valence-electron chi connectivity index (χ3n) is 3.03. The molecule has 0 aliphatic carbocycles. The van der Waals surface area contributed by atoms with Crippen molar-refractivity contribution in [3.8, 4) is 0 Å². The summed E-state index contributed by atoms with van der Waals surface area (Å²) in [7, 11) is 0. The second-order valence-electron chi connectivity index (χ2n) is 5.34. The molecule has 0 unspecified atom stereocenters. The lowest BCUT2D eigenvalue weighted by atomic mass is 9.95. The fourth-order valence-corrected chi connectivity index (χ4v) is 1.92. The number of nitrogens with zero attached hydrogens (tertiary/aromatic N) is 2. The maximum atomic E-state index is 5.52. The van der Waals surface area contributed by atoms with Gasteiger partial charge in [-0.25, -0.2) is 0 Å². The van der Waals surface area contributed by atoms with Crippen molar-refractivity contribution in [3.63, 3.8) is 0 Å². The van der Waals surface area contributed by atoms with E-state index in [9.17, 15) is 0 Å². The molecule has 3 N–H and O–H groups in total. The SMILES string of the molecule is CC(C)(CCc1ccccc1)Nc1ccc(N)nn1. The van der Waals surface area contributed by atoms with Gasteiger partial charge >= 0.3 is 0 Å². The Hall–Kier alpha value is -2.10. The summed E-state index contributed by atoms with van der Waals surface area (Å²) in [6.07, 6.45) is 2.05. The maximum Gasteiger partial charge on any atom is 0.149 e. The lowest BCUT2D eigenvalue weighted by Crippen LogP contribution is -2.32. The third-order valence-corrected chi connectivity index (χ3v) is 3.03. The Balaban J connectivity index is 1.93. The number of hydrogen-bond acceptors (Lipinski definition) is 4. The maximum absolute atomic E-state index is 5.52. The van der Waals surface area contributed by atoms with Crippen molar-refractivity contribution in [1.82, 2.24) is 10.2 Å². The fraction of sp³-hybridized carbons (Fsp3) is 0.333. The van der Waals surface area contributed by atoms with Crippen molar-refractivity contribution < 1.29 is 0 Å². The summed E-state index contributed by atoms with van der Waals surface area (Å²) in [6, 6.07) is 14.1. The molecule has 0 fully saturated rings. The molecule has 19 heavy (non-hydrogen) atoms. The van der Waals surface area contributed by atoms with Crippen molar-refractivity contribution in [2.24, 2.45) is 0 Å². The van der Waals surface area contributed by atoms with Gasteiger partial charge in [0, 0.05) is 5.54 Å². The predicted octanol–water partition coefficient (Wildman–Crippen LogP) is 2.88. The zero-order valence-corrected chi connectivity index (χ0v) is 11.4. The van der Waals surface area contributed by atoms with Gasteiger partial charge in [-0.3, -0.25) is 0 Å². The first-order chi connectivity index (χ1) is 9.05. The number of anilines is 2. The van der Waals surface area contributed by atoms with Crippen LogP contribution in [0.5, 0.6) is 0 Å². The number of nitrogens with two attached hydrogens (primary N) is 1. The van der Waals surface area contributed by atoms with Crippen molar-refractivity contribution in [3.05, 3.63) is 48.0 Å². The minimum absolute atomic E-state index is 0.0410. The molecule has 0 atom stereocenters. The van der Waals surface area contributed by atoms with E-state index in [0.29, 0.717) is 5.82 Å². The largest absolute Gasteiger partial charge is 0.382 e.